The number of carbonyl (C=O) groups is 1. The largest absolute Gasteiger partial charge is 0.464 e. The summed E-state index contributed by atoms with van der Waals surface area (Å²) in [4.78, 5) is 12.3. The molecule has 2 N–H and O–H groups in total. The molecule has 1 saturated heterocycles. The first-order chi connectivity index (χ1) is 9.29. The lowest BCUT2D eigenvalue weighted by Crippen LogP contribution is -2.47. The Hall–Kier alpha value is -1.81. The van der Waals surface area contributed by atoms with Crippen molar-refractivity contribution in [1.82, 2.24) is 10.6 Å². The fraction of sp³-hybridized carbons (Fsp3) is 0.400. The molecule has 0 unspecified atom stereocenters. The lowest BCUT2D eigenvalue weighted by Gasteiger charge is -2.23. The number of hydrogen-bond acceptors (Lipinski definition) is 3. The van der Waals surface area contributed by atoms with Gasteiger partial charge in [0.05, 0.1) is 6.26 Å². The minimum atomic E-state index is -0.00218. The van der Waals surface area contributed by atoms with Crippen molar-refractivity contribution in [2.45, 2.75) is 24.9 Å². The Morgan fingerprint density at radius 2 is 2.26 bits per heavy atom. The van der Waals surface area contributed by atoms with E-state index in [4.69, 9.17) is 4.42 Å². The molecule has 1 aromatic heterocycles. The Balaban J connectivity index is 1.53. The van der Waals surface area contributed by atoms with Gasteiger partial charge >= 0.3 is 0 Å². The summed E-state index contributed by atoms with van der Waals surface area (Å²) in [5.41, 5.74) is 1.43. The normalized spacial score (nSPS) is 28.9. The van der Waals surface area contributed by atoms with E-state index in [0.717, 1.165) is 29.9 Å². The highest BCUT2D eigenvalue weighted by Gasteiger charge is 2.40. The van der Waals surface area contributed by atoms with E-state index in [0.29, 0.717) is 11.6 Å². The summed E-state index contributed by atoms with van der Waals surface area (Å²) in [5, 5.41) is 7.62. The number of fused-ring (bicyclic) bond motifs is 3. The average Bonchev–Trinajstić information content (AvgIpc) is 3.13. The Morgan fingerprint density at radius 1 is 1.32 bits per heavy atom. The highest BCUT2D eigenvalue weighted by Crippen LogP contribution is 2.31. The van der Waals surface area contributed by atoms with Gasteiger partial charge in [0.1, 0.15) is 5.58 Å². The van der Waals surface area contributed by atoms with Crippen LogP contribution in [0, 0.1) is 5.92 Å². The number of furan rings is 1. The molecule has 1 aliphatic carbocycles. The Morgan fingerprint density at radius 3 is 3.05 bits per heavy atom. The first kappa shape index (κ1) is 11.1. The second kappa shape index (κ2) is 4.10. The molecule has 2 aliphatic rings. The molecule has 3 atom stereocenters. The van der Waals surface area contributed by atoms with Gasteiger partial charge in [-0.25, -0.2) is 0 Å². The summed E-state index contributed by atoms with van der Waals surface area (Å²) < 4.78 is 5.34. The van der Waals surface area contributed by atoms with Crippen LogP contribution in [0.25, 0.3) is 11.0 Å². The maximum Gasteiger partial charge on any atom is 0.251 e. The number of amides is 1. The predicted molar refractivity (Wildman–Crippen MR) is 72.0 cm³/mol. The van der Waals surface area contributed by atoms with E-state index in [-0.39, 0.29) is 11.9 Å². The molecule has 4 heteroatoms. The summed E-state index contributed by atoms with van der Waals surface area (Å²) in [6, 6.07) is 8.22. The lowest BCUT2D eigenvalue weighted by molar-refractivity contribution is 0.0928. The van der Waals surface area contributed by atoms with E-state index in [2.05, 4.69) is 10.6 Å². The number of carbonyl (C=O) groups excluding carboxylic acids is 1. The van der Waals surface area contributed by atoms with Gasteiger partial charge in [-0.15, -0.1) is 0 Å². The van der Waals surface area contributed by atoms with Gasteiger partial charge in [0.15, 0.2) is 0 Å². The molecule has 0 spiro atoms. The standard InChI is InChI=1S/C15H16N2O2/c18-15(17-13-6-9-5-12(13)16-8-9)11-2-1-10-3-4-19-14(10)7-11/h1-4,7,9,12-13,16H,5-6,8H2,(H,17,18)/t9-,12-,13+/m1/s1. The molecular weight excluding hydrogens is 240 g/mol. The average molecular weight is 256 g/mol. The molecule has 2 aromatic rings. The van der Waals surface area contributed by atoms with Gasteiger partial charge in [0.2, 0.25) is 0 Å². The van der Waals surface area contributed by atoms with Gasteiger partial charge in [-0.3, -0.25) is 4.79 Å². The monoisotopic (exact) mass is 256 g/mol. The van der Waals surface area contributed by atoms with Crippen molar-refractivity contribution in [2.24, 2.45) is 5.92 Å². The van der Waals surface area contributed by atoms with Crippen LogP contribution < -0.4 is 10.6 Å². The topological polar surface area (TPSA) is 54.3 Å². The molecule has 98 valence electrons. The van der Waals surface area contributed by atoms with Gasteiger partial charge in [-0.2, -0.15) is 0 Å². The fourth-order valence-electron chi connectivity index (χ4n) is 3.36. The van der Waals surface area contributed by atoms with E-state index in [9.17, 15) is 4.79 Å². The quantitative estimate of drug-likeness (QED) is 0.863. The maximum absolute atomic E-state index is 12.3. The van der Waals surface area contributed by atoms with Crippen molar-refractivity contribution >= 4 is 16.9 Å². The van der Waals surface area contributed by atoms with E-state index < -0.39 is 0 Å². The molecule has 4 nitrogen and oxygen atoms in total. The molecule has 1 saturated carbocycles. The zero-order valence-electron chi connectivity index (χ0n) is 10.6. The second-order valence-corrected chi connectivity index (χ2v) is 5.61. The lowest BCUT2D eigenvalue weighted by atomic mass is 10.1. The van der Waals surface area contributed by atoms with Crippen LogP contribution in [-0.4, -0.2) is 24.5 Å². The summed E-state index contributed by atoms with van der Waals surface area (Å²) in [7, 11) is 0. The minimum absolute atomic E-state index is 0.00218. The highest BCUT2D eigenvalue weighted by atomic mass is 16.3. The van der Waals surface area contributed by atoms with Crippen molar-refractivity contribution in [3.8, 4) is 0 Å². The van der Waals surface area contributed by atoms with Crippen molar-refractivity contribution in [3.63, 3.8) is 0 Å². The summed E-state index contributed by atoms with van der Waals surface area (Å²) in [6.45, 7) is 1.11. The molecular formula is C15H16N2O2. The molecule has 2 fully saturated rings. The Bertz CT molecular complexity index is 634. The van der Waals surface area contributed by atoms with Gasteiger partial charge in [-0.05, 0) is 43.5 Å². The molecule has 4 rings (SSSR count). The van der Waals surface area contributed by atoms with Gasteiger partial charge < -0.3 is 15.1 Å². The molecule has 1 aromatic carbocycles. The first-order valence-corrected chi connectivity index (χ1v) is 6.81. The molecule has 1 amide bonds. The van der Waals surface area contributed by atoms with Crippen LogP contribution in [0.4, 0.5) is 0 Å². The molecule has 1 aliphatic heterocycles. The minimum Gasteiger partial charge on any atom is -0.464 e. The van der Waals surface area contributed by atoms with Crippen LogP contribution in [-0.2, 0) is 0 Å². The number of piperidine rings is 1. The van der Waals surface area contributed by atoms with E-state index in [1.165, 1.54) is 6.42 Å². The third-order valence-corrected chi connectivity index (χ3v) is 4.36. The molecule has 2 heterocycles. The van der Waals surface area contributed by atoms with E-state index in [1.54, 1.807) is 6.26 Å². The number of nitrogens with one attached hydrogen (secondary N) is 2. The first-order valence-electron chi connectivity index (χ1n) is 6.81. The fourth-order valence-corrected chi connectivity index (χ4v) is 3.36. The summed E-state index contributed by atoms with van der Waals surface area (Å²) in [5.74, 6) is 0.737. The van der Waals surface area contributed by atoms with Crippen molar-refractivity contribution in [2.75, 3.05) is 6.54 Å². The third kappa shape index (κ3) is 1.83. The van der Waals surface area contributed by atoms with Crippen LogP contribution in [0.15, 0.2) is 34.9 Å². The van der Waals surface area contributed by atoms with Gasteiger partial charge in [0.25, 0.3) is 5.91 Å². The number of hydrogen-bond donors (Lipinski definition) is 2. The van der Waals surface area contributed by atoms with Crippen molar-refractivity contribution < 1.29 is 9.21 Å². The molecule has 0 radical (unpaired) electrons. The van der Waals surface area contributed by atoms with Crippen molar-refractivity contribution in [3.05, 3.63) is 36.1 Å². The SMILES string of the molecule is O=C(N[C@H]1C[C@@H]2CN[C@@H]1C2)c1ccc2ccoc2c1. The second-order valence-electron chi connectivity index (χ2n) is 5.61. The number of rotatable bonds is 2. The van der Waals surface area contributed by atoms with Crippen LogP contribution >= 0.6 is 0 Å². The zero-order valence-corrected chi connectivity index (χ0v) is 10.6. The van der Waals surface area contributed by atoms with Crippen molar-refractivity contribution in [1.29, 1.82) is 0 Å². The summed E-state index contributed by atoms with van der Waals surface area (Å²) in [6.07, 6.45) is 3.95. The molecule has 2 bridgehead atoms. The van der Waals surface area contributed by atoms with Crippen LogP contribution in [0.5, 0.6) is 0 Å². The highest BCUT2D eigenvalue weighted by molar-refractivity contribution is 5.97. The van der Waals surface area contributed by atoms with E-state index in [1.807, 2.05) is 24.3 Å². The summed E-state index contributed by atoms with van der Waals surface area (Å²) >= 11 is 0. The van der Waals surface area contributed by atoms with E-state index >= 15 is 0 Å². The Labute approximate surface area is 111 Å². The maximum atomic E-state index is 12.3. The van der Waals surface area contributed by atoms with Crippen LogP contribution in [0.3, 0.4) is 0 Å². The third-order valence-electron chi connectivity index (χ3n) is 4.36. The van der Waals surface area contributed by atoms with Crippen LogP contribution in [0.1, 0.15) is 23.2 Å². The van der Waals surface area contributed by atoms with Gasteiger partial charge in [0, 0.05) is 23.0 Å². The molecule has 19 heavy (non-hydrogen) atoms. The number of benzene rings is 1. The smallest absolute Gasteiger partial charge is 0.251 e. The van der Waals surface area contributed by atoms with Crippen LogP contribution in [0.2, 0.25) is 0 Å². The Kier molecular flexibility index (Phi) is 2.38. The van der Waals surface area contributed by atoms with Gasteiger partial charge in [-0.1, -0.05) is 6.07 Å². The predicted octanol–water partition coefficient (Wildman–Crippen LogP) is 1.91. The zero-order chi connectivity index (χ0) is 12.8.